The van der Waals surface area contributed by atoms with E-state index >= 15 is 0 Å². The zero-order valence-corrected chi connectivity index (χ0v) is 12.1. The summed E-state index contributed by atoms with van der Waals surface area (Å²) in [6, 6.07) is 14.4. The normalized spacial score (nSPS) is 10.6. The van der Waals surface area contributed by atoms with Crippen LogP contribution in [0.5, 0.6) is 0 Å². The van der Waals surface area contributed by atoms with Crippen molar-refractivity contribution < 1.29 is 4.79 Å². The number of carbonyl (C=O) groups excluding carboxylic acids is 1. The van der Waals surface area contributed by atoms with Gasteiger partial charge in [-0.3, -0.25) is 14.2 Å². The Kier molecular flexibility index (Phi) is 3.70. The Labute approximate surface area is 127 Å². The predicted molar refractivity (Wildman–Crippen MR) is 84.9 cm³/mol. The molecule has 5 nitrogen and oxygen atoms in total. The summed E-state index contributed by atoms with van der Waals surface area (Å²) in [5.41, 5.74) is 2.15. The lowest BCUT2D eigenvalue weighted by atomic mass is 10.1. The maximum Gasteiger partial charge on any atom is 0.261 e. The van der Waals surface area contributed by atoms with Gasteiger partial charge in [0.05, 0.1) is 23.8 Å². The van der Waals surface area contributed by atoms with Gasteiger partial charge in [-0.1, -0.05) is 24.3 Å². The van der Waals surface area contributed by atoms with Crippen molar-refractivity contribution >= 4 is 16.8 Å². The molecule has 0 spiro atoms. The Hall–Kier alpha value is -2.95. The van der Waals surface area contributed by atoms with Crippen LogP contribution < -0.4 is 10.9 Å². The molecule has 0 bridgehead atoms. The topological polar surface area (TPSA) is 64.0 Å². The largest absolute Gasteiger partial charge is 0.355 e. The highest BCUT2D eigenvalue weighted by Crippen LogP contribution is 2.08. The molecule has 0 unspecified atom stereocenters. The number of hydrogen-bond acceptors (Lipinski definition) is 3. The Morgan fingerprint density at radius 2 is 1.86 bits per heavy atom. The first-order chi connectivity index (χ1) is 10.7. The van der Waals surface area contributed by atoms with E-state index in [9.17, 15) is 9.59 Å². The highest BCUT2D eigenvalue weighted by molar-refractivity contribution is 5.93. The molecule has 0 fully saturated rings. The fourth-order valence-electron chi connectivity index (χ4n) is 2.32. The van der Waals surface area contributed by atoms with Gasteiger partial charge in [-0.05, 0) is 29.8 Å². The van der Waals surface area contributed by atoms with Gasteiger partial charge in [0.25, 0.3) is 11.5 Å². The zero-order valence-electron chi connectivity index (χ0n) is 12.1. The highest BCUT2D eigenvalue weighted by atomic mass is 16.1. The number of rotatable bonds is 3. The van der Waals surface area contributed by atoms with Crippen molar-refractivity contribution in [3.8, 4) is 0 Å². The molecule has 0 radical (unpaired) electrons. The number of para-hydroxylation sites is 1. The van der Waals surface area contributed by atoms with E-state index < -0.39 is 0 Å². The molecule has 1 N–H and O–H groups in total. The zero-order chi connectivity index (χ0) is 15.5. The van der Waals surface area contributed by atoms with Crippen LogP contribution in [-0.4, -0.2) is 22.5 Å². The van der Waals surface area contributed by atoms with Crippen LogP contribution >= 0.6 is 0 Å². The van der Waals surface area contributed by atoms with Crippen molar-refractivity contribution in [3.63, 3.8) is 0 Å². The molecule has 22 heavy (non-hydrogen) atoms. The smallest absolute Gasteiger partial charge is 0.261 e. The second-order valence-corrected chi connectivity index (χ2v) is 4.97. The summed E-state index contributed by atoms with van der Waals surface area (Å²) in [6.45, 7) is 0.421. The maximum absolute atomic E-state index is 12.4. The van der Waals surface area contributed by atoms with Crippen LogP contribution in [0.4, 0.5) is 0 Å². The number of benzene rings is 2. The first kappa shape index (κ1) is 14.0. The van der Waals surface area contributed by atoms with Gasteiger partial charge in [-0.2, -0.15) is 0 Å². The van der Waals surface area contributed by atoms with Crippen LogP contribution in [0.25, 0.3) is 10.9 Å². The molecule has 5 heteroatoms. The van der Waals surface area contributed by atoms with E-state index in [0.717, 1.165) is 5.56 Å². The standard InChI is InChI=1S/C17H15N3O2/c1-18-16(21)13-8-6-12(7-9-13)10-20-11-19-15-5-3-2-4-14(15)17(20)22/h2-9,11H,10H2,1H3,(H,18,21). The quantitative estimate of drug-likeness (QED) is 0.801. The van der Waals surface area contributed by atoms with Crippen LogP contribution in [0.3, 0.4) is 0 Å². The Morgan fingerprint density at radius 3 is 2.59 bits per heavy atom. The molecule has 0 aliphatic rings. The molecule has 1 amide bonds. The van der Waals surface area contributed by atoms with Crippen LogP contribution in [0.1, 0.15) is 15.9 Å². The fraction of sp³-hybridized carbons (Fsp3) is 0.118. The number of carbonyl (C=O) groups is 1. The van der Waals surface area contributed by atoms with E-state index in [4.69, 9.17) is 0 Å². The van der Waals surface area contributed by atoms with Crippen molar-refractivity contribution in [1.29, 1.82) is 0 Å². The lowest BCUT2D eigenvalue weighted by Gasteiger charge is -2.07. The van der Waals surface area contributed by atoms with E-state index in [1.165, 1.54) is 0 Å². The van der Waals surface area contributed by atoms with E-state index in [0.29, 0.717) is 23.0 Å². The summed E-state index contributed by atoms with van der Waals surface area (Å²) >= 11 is 0. The summed E-state index contributed by atoms with van der Waals surface area (Å²) in [4.78, 5) is 28.2. The third-order valence-corrected chi connectivity index (χ3v) is 3.53. The third-order valence-electron chi connectivity index (χ3n) is 3.53. The summed E-state index contributed by atoms with van der Waals surface area (Å²) in [5.74, 6) is -0.129. The van der Waals surface area contributed by atoms with Crippen molar-refractivity contribution in [3.05, 3.63) is 76.3 Å². The number of amides is 1. The Bertz CT molecular complexity index is 882. The fourth-order valence-corrected chi connectivity index (χ4v) is 2.32. The van der Waals surface area contributed by atoms with E-state index in [1.807, 2.05) is 30.3 Å². The van der Waals surface area contributed by atoms with E-state index in [1.54, 1.807) is 36.1 Å². The second kappa shape index (κ2) is 5.81. The van der Waals surface area contributed by atoms with E-state index in [2.05, 4.69) is 10.3 Å². The number of aromatic nitrogens is 2. The molecule has 1 aromatic heterocycles. The molecule has 0 atom stereocenters. The van der Waals surface area contributed by atoms with Crippen LogP contribution in [0, 0.1) is 0 Å². The van der Waals surface area contributed by atoms with Crippen molar-refractivity contribution in [2.24, 2.45) is 0 Å². The lowest BCUT2D eigenvalue weighted by Crippen LogP contribution is -2.21. The van der Waals surface area contributed by atoms with Crippen LogP contribution in [0.15, 0.2) is 59.7 Å². The maximum atomic E-state index is 12.4. The molecule has 0 saturated carbocycles. The molecule has 2 aromatic carbocycles. The summed E-state index contributed by atoms with van der Waals surface area (Å²) < 4.78 is 1.57. The minimum absolute atomic E-state index is 0.0685. The third kappa shape index (κ3) is 2.61. The van der Waals surface area contributed by atoms with Crippen LogP contribution in [-0.2, 0) is 6.54 Å². The summed E-state index contributed by atoms with van der Waals surface area (Å²) in [7, 11) is 1.59. The van der Waals surface area contributed by atoms with Gasteiger partial charge in [-0.25, -0.2) is 4.98 Å². The Balaban J connectivity index is 1.92. The van der Waals surface area contributed by atoms with Gasteiger partial charge >= 0.3 is 0 Å². The number of nitrogens with one attached hydrogen (secondary N) is 1. The second-order valence-electron chi connectivity index (χ2n) is 4.97. The van der Waals surface area contributed by atoms with Gasteiger partial charge in [0.1, 0.15) is 0 Å². The molecule has 1 heterocycles. The van der Waals surface area contributed by atoms with Crippen molar-refractivity contribution in [2.75, 3.05) is 7.05 Å². The molecular weight excluding hydrogens is 278 g/mol. The van der Waals surface area contributed by atoms with Gasteiger partial charge in [0.15, 0.2) is 0 Å². The summed E-state index contributed by atoms with van der Waals surface area (Å²) in [5, 5.41) is 3.18. The number of fused-ring (bicyclic) bond motifs is 1. The minimum atomic E-state index is -0.129. The predicted octanol–water partition coefficient (Wildman–Crippen LogP) is 1.80. The summed E-state index contributed by atoms with van der Waals surface area (Å²) in [6.07, 6.45) is 1.55. The Morgan fingerprint density at radius 1 is 1.14 bits per heavy atom. The molecular formula is C17H15N3O2. The number of hydrogen-bond donors (Lipinski definition) is 1. The minimum Gasteiger partial charge on any atom is -0.355 e. The van der Waals surface area contributed by atoms with Gasteiger partial charge in [0, 0.05) is 12.6 Å². The lowest BCUT2D eigenvalue weighted by molar-refractivity contribution is 0.0963. The first-order valence-corrected chi connectivity index (χ1v) is 6.94. The number of nitrogens with zero attached hydrogens (tertiary/aromatic N) is 2. The van der Waals surface area contributed by atoms with Crippen molar-refractivity contribution in [1.82, 2.24) is 14.9 Å². The van der Waals surface area contributed by atoms with Gasteiger partial charge in [-0.15, -0.1) is 0 Å². The molecule has 110 valence electrons. The van der Waals surface area contributed by atoms with E-state index in [-0.39, 0.29) is 11.5 Å². The molecule has 0 aliphatic carbocycles. The average Bonchev–Trinajstić information content (AvgIpc) is 2.57. The molecule has 0 saturated heterocycles. The van der Waals surface area contributed by atoms with Crippen molar-refractivity contribution in [2.45, 2.75) is 6.54 Å². The van der Waals surface area contributed by atoms with Crippen LogP contribution in [0.2, 0.25) is 0 Å². The SMILES string of the molecule is CNC(=O)c1ccc(Cn2cnc3ccccc3c2=O)cc1. The molecule has 3 aromatic rings. The monoisotopic (exact) mass is 293 g/mol. The van der Waals surface area contributed by atoms with Gasteiger partial charge < -0.3 is 5.32 Å². The molecule has 3 rings (SSSR count). The van der Waals surface area contributed by atoms with Gasteiger partial charge in [0.2, 0.25) is 0 Å². The average molecular weight is 293 g/mol. The first-order valence-electron chi connectivity index (χ1n) is 6.94. The highest BCUT2D eigenvalue weighted by Gasteiger charge is 2.05. The molecule has 0 aliphatic heterocycles.